The normalized spacial score (nSPS) is 16.7. The number of rotatable bonds is 9. The summed E-state index contributed by atoms with van der Waals surface area (Å²) < 4.78 is 10.9. The topological polar surface area (TPSA) is 105 Å². The van der Waals surface area contributed by atoms with Gasteiger partial charge in [-0.1, -0.05) is 55.5 Å². The maximum absolute atomic E-state index is 12.5. The van der Waals surface area contributed by atoms with Crippen LogP contribution in [0.4, 0.5) is 4.79 Å². The van der Waals surface area contributed by atoms with Crippen molar-refractivity contribution in [1.29, 1.82) is 0 Å². The predicted molar refractivity (Wildman–Crippen MR) is 125 cm³/mol. The van der Waals surface area contributed by atoms with Crippen molar-refractivity contribution < 1.29 is 29.0 Å². The molecule has 2 amide bonds. The van der Waals surface area contributed by atoms with Crippen LogP contribution in [-0.4, -0.2) is 67.4 Å². The number of carbonyl (C=O) groups is 3. The number of carbonyl (C=O) groups excluding carboxylic acids is 2. The quantitative estimate of drug-likeness (QED) is 0.588. The smallest absolute Gasteiger partial charge is 0.407 e. The van der Waals surface area contributed by atoms with Crippen LogP contribution in [0, 0.1) is 5.41 Å². The minimum atomic E-state index is -0.876. The maximum Gasteiger partial charge on any atom is 0.407 e. The Kier molecular flexibility index (Phi) is 6.88. The third-order valence-corrected chi connectivity index (χ3v) is 7.02. The molecule has 1 unspecified atom stereocenters. The molecule has 1 saturated heterocycles. The van der Waals surface area contributed by atoms with Crippen LogP contribution in [0.1, 0.15) is 36.8 Å². The number of nitrogens with one attached hydrogen (secondary N) is 1. The number of fused-ring (bicyclic) bond motifs is 3. The van der Waals surface area contributed by atoms with Crippen LogP contribution in [0.5, 0.6) is 0 Å². The summed E-state index contributed by atoms with van der Waals surface area (Å²) in [6.45, 7) is 2.54. The molecule has 2 aromatic carbocycles. The van der Waals surface area contributed by atoms with Crippen LogP contribution in [0.25, 0.3) is 11.1 Å². The van der Waals surface area contributed by atoms with Crippen molar-refractivity contribution in [3.05, 3.63) is 59.7 Å². The van der Waals surface area contributed by atoms with E-state index in [2.05, 4.69) is 29.6 Å². The minimum Gasteiger partial charge on any atom is -0.481 e. The monoisotopic (exact) mass is 466 g/mol. The van der Waals surface area contributed by atoms with Crippen molar-refractivity contribution in [2.45, 2.75) is 31.8 Å². The fourth-order valence-corrected chi connectivity index (χ4v) is 4.78. The Hall–Kier alpha value is -3.39. The highest BCUT2D eigenvalue weighted by Crippen LogP contribution is 2.44. The molecule has 0 saturated carbocycles. The number of carboxylic acid groups (broad SMARTS) is 1. The first-order valence-corrected chi connectivity index (χ1v) is 11.5. The molecular formula is C26H30N2O6. The second-order valence-electron chi connectivity index (χ2n) is 8.96. The van der Waals surface area contributed by atoms with Gasteiger partial charge in [0.1, 0.15) is 12.0 Å². The van der Waals surface area contributed by atoms with Gasteiger partial charge in [0, 0.05) is 32.7 Å². The Labute approximate surface area is 198 Å². The van der Waals surface area contributed by atoms with E-state index >= 15 is 0 Å². The summed E-state index contributed by atoms with van der Waals surface area (Å²) in [7, 11) is 1.47. The molecule has 2 N–H and O–H groups in total. The summed E-state index contributed by atoms with van der Waals surface area (Å²) in [5, 5.41) is 12.1. The predicted octanol–water partition coefficient (Wildman–Crippen LogP) is 3.25. The Balaban J connectivity index is 1.26. The van der Waals surface area contributed by atoms with E-state index in [0.29, 0.717) is 6.42 Å². The Morgan fingerprint density at radius 1 is 1.09 bits per heavy atom. The van der Waals surface area contributed by atoms with Gasteiger partial charge in [-0.25, -0.2) is 4.79 Å². The highest BCUT2D eigenvalue weighted by Gasteiger charge is 2.49. The highest BCUT2D eigenvalue weighted by molar-refractivity contribution is 5.84. The molecule has 1 heterocycles. The minimum absolute atomic E-state index is 0.0302. The molecular weight excluding hydrogens is 436 g/mol. The Morgan fingerprint density at radius 2 is 1.68 bits per heavy atom. The second kappa shape index (κ2) is 9.85. The molecule has 1 atom stereocenters. The fraction of sp³-hybridized carbons (Fsp3) is 0.423. The van der Waals surface area contributed by atoms with Crippen molar-refractivity contribution in [3.63, 3.8) is 0 Å². The summed E-state index contributed by atoms with van der Waals surface area (Å²) in [5.41, 5.74) is 3.74. The number of hydrogen-bond donors (Lipinski definition) is 2. The second-order valence-corrected chi connectivity index (χ2v) is 8.96. The van der Waals surface area contributed by atoms with Gasteiger partial charge in [0.05, 0.1) is 12.5 Å². The van der Waals surface area contributed by atoms with Crippen LogP contribution < -0.4 is 5.32 Å². The lowest BCUT2D eigenvalue weighted by molar-refractivity contribution is -0.167. The molecule has 1 aliphatic heterocycles. The lowest BCUT2D eigenvalue weighted by Crippen LogP contribution is -2.62. The van der Waals surface area contributed by atoms with Gasteiger partial charge in [0.2, 0.25) is 5.91 Å². The number of likely N-dealkylation sites (tertiary alicyclic amines) is 1. The van der Waals surface area contributed by atoms with Gasteiger partial charge >= 0.3 is 12.1 Å². The van der Waals surface area contributed by atoms with Crippen LogP contribution in [0.15, 0.2) is 48.5 Å². The van der Waals surface area contributed by atoms with E-state index in [-0.39, 0.29) is 44.5 Å². The van der Waals surface area contributed by atoms with Crippen molar-refractivity contribution in [2.24, 2.45) is 5.41 Å². The van der Waals surface area contributed by atoms with E-state index in [0.717, 1.165) is 22.3 Å². The van der Waals surface area contributed by atoms with Gasteiger partial charge in [0.25, 0.3) is 0 Å². The van der Waals surface area contributed by atoms with Crippen molar-refractivity contribution >= 4 is 18.0 Å². The number of ether oxygens (including phenoxy) is 2. The molecule has 8 nitrogen and oxygen atoms in total. The third-order valence-electron chi connectivity index (χ3n) is 7.02. The fourth-order valence-electron chi connectivity index (χ4n) is 4.78. The molecule has 0 radical (unpaired) electrons. The number of aliphatic carboxylic acids is 1. The lowest BCUT2D eigenvalue weighted by Gasteiger charge is -2.47. The molecule has 180 valence electrons. The first-order chi connectivity index (χ1) is 16.4. The van der Waals surface area contributed by atoms with Crippen molar-refractivity contribution in [2.75, 3.05) is 33.4 Å². The first-order valence-electron chi connectivity index (χ1n) is 11.5. The molecule has 4 rings (SSSR count). The maximum atomic E-state index is 12.5. The van der Waals surface area contributed by atoms with Crippen LogP contribution >= 0.6 is 0 Å². The zero-order chi connectivity index (χ0) is 24.3. The SMILES string of the molecule is CCC1(C(=O)O)CN(C(=O)CC(CNC(=O)OCC2c3ccccc3-c3ccccc32)OC)C1. The number of benzene rings is 2. The van der Waals surface area contributed by atoms with Gasteiger partial charge < -0.3 is 24.8 Å². The number of hydrogen-bond acceptors (Lipinski definition) is 5. The molecule has 2 aromatic rings. The van der Waals surface area contributed by atoms with E-state index in [1.807, 2.05) is 31.2 Å². The standard InChI is InChI=1S/C26H30N2O6/c1-3-26(24(30)31)15-28(16-26)23(29)12-17(33-2)13-27-25(32)34-14-22-20-10-6-4-8-18(20)19-9-5-7-11-21(19)22/h4-11,17,22H,3,12-16H2,1-2H3,(H,27,32)(H,30,31). The van der Waals surface area contributed by atoms with Gasteiger partial charge in [0.15, 0.2) is 0 Å². The molecule has 2 aliphatic rings. The average Bonchev–Trinajstić information content (AvgIpc) is 3.13. The summed E-state index contributed by atoms with van der Waals surface area (Å²) in [5.74, 6) is -1.09. The number of methoxy groups -OCH3 is 1. The lowest BCUT2D eigenvalue weighted by atomic mass is 9.77. The zero-order valence-electron chi connectivity index (χ0n) is 19.5. The molecule has 0 aromatic heterocycles. The number of alkyl carbamates (subject to hydrolysis) is 1. The number of amides is 2. The van der Waals surface area contributed by atoms with E-state index in [1.54, 1.807) is 0 Å². The van der Waals surface area contributed by atoms with E-state index in [9.17, 15) is 19.5 Å². The average molecular weight is 467 g/mol. The van der Waals surface area contributed by atoms with Gasteiger partial charge in [-0.15, -0.1) is 0 Å². The number of nitrogens with zero attached hydrogens (tertiary/aromatic N) is 1. The van der Waals surface area contributed by atoms with Crippen LogP contribution in [-0.2, 0) is 19.1 Å². The van der Waals surface area contributed by atoms with Crippen molar-refractivity contribution in [1.82, 2.24) is 10.2 Å². The summed E-state index contributed by atoms with van der Waals surface area (Å²) in [4.78, 5) is 37.8. The van der Waals surface area contributed by atoms with E-state index < -0.39 is 23.6 Å². The highest BCUT2D eigenvalue weighted by atomic mass is 16.5. The number of carboxylic acids is 1. The Bertz CT molecular complexity index is 1030. The van der Waals surface area contributed by atoms with E-state index in [1.165, 1.54) is 12.0 Å². The van der Waals surface area contributed by atoms with Crippen molar-refractivity contribution in [3.8, 4) is 11.1 Å². The molecule has 34 heavy (non-hydrogen) atoms. The molecule has 8 heteroatoms. The first kappa shape index (κ1) is 23.8. The summed E-state index contributed by atoms with van der Waals surface area (Å²) in [6.07, 6.45) is -0.575. The summed E-state index contributed by atoms with van der Waals surface area (Å²) in [6, 6.07) is 16.2. The third kappa shape index (κ3) is 4.50. The zero-order valence-corrected chi connectivity index (χ0v) is 19.5. The van der Waals surface area contributed by atoms with Gasteiger partial charge in [-0.05, 0) is 28.7 Å². The molecule has 1 fully saturated rings. The molecule has 0 bridgehead atoms. The molecule has 0 spiro atoms. The van der Waals surface area contributed by atoms with Crippen LogP contribution in [0.3, 0.4) is 0 Å². The Morgan fingerprint density at radius 3 is 2.21 bits per heavy atom. The van der Waals surface area contributed by atoms with E-state index in [4.69, 9.17) is 9.47 Å². The largest absolute Gasteiger partial charge is 0.481 e. The molecule has 1 aliphatic carbocycles. The van der Waals surface area contributed by atoms with Crippen LogP contribution in [0.2, 0.25) is 0 Å². The van der Waals surface area contributed by atoms with Gasteiger partial charge in [-0.2, -0.15) is 0 Å². The van der Waals surface area contributed by atoms with Gasteiger partial charge in [-0.3, -0.25) is 9.59 Å². The summed E-state index contributed by atoms with van der Waals surface area (Å²) >= 11 is 0.